The molecule has 0 aromatic carbocycles. The second-order valence-corrected chi connectivity index (χ2v) is 7.99. The van der Waals surface area contributed by atoms with Gasteiger partial charge in [-0.25, -0.2) is 0 Å². The van der Waals surface area contributed by atoms with Crippen LogP contribution in [-0.4, -0.2) is 33.2 Å². The number of aliphatic hydroxyl groups excluding tert-OH is 1. The number of aliphatic hydroxyl groups is 1. The van der Waals surface area contributed by atoms with Crippen molar-refractivity contribution in [1.82, 2.24) is 0 Å². The first-order valence-electron chi connectivity index (χ1n) is 6.68. The minimum atomic E-state index is -0.0594. The molecular formula is C13H24OS2. The Bertz CT molecular complexity index is 204. The minimum Gasteiger partial charge on any atom is -0.392 e. The maximum atomic E-state index is 10.4. The van der Waals surface area contributed by atoms with Gasteiger partial charge in [-0.05, 0) is 12.3 Å². The smallest absolute Gasteiger partial charge is 0.0672 e. The van der Waals surface area contributed by atoms with E-state index < -0.39 is 0 Å². The highest BCUT2D eigenvalue weighted by atomic mass is 32.2. The molecule has 1 saturated carbocycles. The van der Waals surface area contributed by atoms with Crippen LogP contribution in [0.15, 0.2) is 0 Å². The maximum absolute atomic E-state index is 10.4. The molecule has 0 bridgehead atoms. The minimum absolute atomic E-state index is 0.0594. The van der Waals surface area contributed by atoms with Gasteiger partial charge in [-0.1, -0.05) is 39.0 Å². The Morgan fingerprint density at radius 3 is 2.50 bits per heavy atom. The van der Waals surface area contributed by atoms with Crippen LogP contribution in [0.2, 0.25) is 0 Å². The summed E-state index contributed by atoms with van der Waals surface area (Å²) in [4.78, 5) is 0. The van der Waals surface area contributed by atoms with Gasteiger partial charge in [0.1, 0.15) is 0 Å². The third kappa shape index (κ3) is 3.58. The van der Waals surface area contributed by atoms with E-state index in [4.69, 9.17) is 0 Å². The van der Waals surface area contributed by atoms with Crippen LogP contribution in [0.1, 0.15) is 45.4 Å². The summed E-state index contributed by atoms with van der Waals surface area (Å²) < 4.78 is 0. The molecule has 0 aromatic heterocycles. The monoisotopic (exact) mass is 260 g/mol. The molecule has 1 N–H and O–H groups in total. The van der Waals surface area contributed by atoms with Crippen molar-refractivity contribution in [2.75, 3.05) is 11.5 Å². The van der Waals surface area contributed by atoms with Crippen molar-refractivity contribution in [3.63, 3.8) is 0 Å². The van der Waals surface area contributed by atoms with Crippen LogP contribution < -0.4 is 0 Å². The molecule has 16 heavy (non-hydrogen) atoms. The molecule has 0 aromatic rings. The number of hydrogen-bond donors (Lipinski definition) is 1. The Morgan fingerprint density at radius 2 is 1.81 bits per heavy atom. The molecule has 3 atom stereocenters. The van der Waals surface area contributed by atoms with E-state index in [1.54, 1.807) is 0 Å². The molecule has 0 spiro atoms. The largest absolute Gasteiger partial charge is 0.392 e. The van der Waals surface area contributed by atoms with E-state index in [0.717, 1.165) is 12.3 Å². The quantitative estimate of drug-likeness (QED) is 0.838. The van der Waals surface area contributed by atoms with E-state index in [-0.39, 0.29) is 6.10 Å². The summed E-state index contributed by atoms with van der Waals surface area (Å²) >= 11 is 4.03. The lowest BCUT2D eigenvalue weighted by atomic mass is 9.84. The van der Waals surface area contributed by atoms with Gasteiger partial charge in [-0.15, -0.1) is 0 Å². The van der Waals surface area contributed by atoms with Crippen LogP contribution in [0.4, 0.5) is 0 Å². The SMILES string of the molecule is CC1SCCSC1C(O)CC1CCCCC1. The fourth-order valence-electron chi connectivity index (χ4n) is 2.97. The van der Waals surface area contributed by atoms with Gasteiger partial charge in [0.05, 0.1) is 6.10 Å². The van der Waals surface area contributed by atoms with Crippen molar-refractivity contribution < 1.29 is 5.11 Å². The lowest BCUT2D eigenvalue weighted by Gasteiger charge is -2.34. The normalized spacial score (nSPS) is 34.9. The van der Waals surface area contributed by atoms with Gasteiger partial charge in [-0.2, -0.15) is 23.5 Å². The molecule has 1 aliphatic heterocycles. The zero-order chi connectivity index (χ0) is 11.4. The highest BCUT2D eigenvalue weighted by Gasteiger charge is 2.30. The maximum Gasteiger partial charge on any atom is 0.0672 e. The zero-order valence-corrected chi connectivity index (χ0v) is 11.9. The van der Waals surface area contributed by atoms with Crippen molar-refractivity contribution in [1.29, 1.82) is 0 Å². The molecule has 3 heteroatoms. The van der Waals surface area contributed by atoms with Crippen LogP contribution in [-0.2, 0) is 0 Å². The average Bonchev–Trinajstić information content (AvgIpc) is 2.31. The summed E-state index contributed by atoms with van der Waals surface area (Å²) in [5, 5.41) is 11.5. The number of thioether (sulfide) groups is 2. The van der Waals surface area contributed by atoms with Gasteiger partial charge in [0.15, 0.2) is 0 Å². The summed E-state index contributed by atoms with van der Waals surface area (Å²) in [6.45, 7) is 2.28. The molecular weight excluding hydrogens is 236 g/mol. The van der Waals surface area contributed by atoms with Crippen LogP contribution in [0.25, 0.3) is 0 Å². The van der Waals surface area contributed by atoms with E-state index in [0.29, 0.717) is 10.5 Å². The molecule has 2 rings (SSSR count). The van der Waals surface area contributed by atoms with Crippen LogP contribution in [0.5, 0.6) is 0 Å². The average molecular weight is 260 g/mol. The van der Waals surface area contributed by atoms with E-state index in [9.17, 15) is 5.11 Å². The summed E-state index contributed by atoms with van der Waals surface area (Å²) in [5.41, 5.74) is 0. The third-order valence-corrected chi connectivity index (χ3v) is 7.15. The Morgan fingerprint density at radius 1 is 1.12 bits per heavy atom. The molecule has 1 aliphatic carbocycles. The summed E-state index contributed by atoms with van der Waals surface area (Å²) in [5.74, 6) is 3.29. The Kier molecular flexibility index (Phi) is 5.37. The van der Waals surface area contributed by atoms with Gasteiger partial charge in [0.2, 0.25) is 0 Å². The first-order valence-corrected chi connectivity index (χ1v) is 8.78. The molecule has 2 fully saturated rings. The zero-order valence-electron chi connectivity index (χ0n) is 10.2. The van der Waals surface area contributed by atoms with E-state index >= 15 is 0 Å². The summed E-state index contributed by atoms with van der Waals surface area (Å²) in [7, 11) is 0. The Hall–Kier alpha value is 0.660. The number of hydrogen-bond acceptors (Lipinski definition) is 3. The predicted molar refractivity (Wildman–Crippen MR) is 75.4 cm³/mol. The predicted octanol–water partition coefficient (Wildman–Crippen LogP) is 3.55. The van der Waals surface area contributed by atoms with Crippen LogP contribution >= 0.6 is 23.5 Å². The topological polar surface area (TPSA) is 20.2 Å². The lowest BCUT2D eigenvalue weighted by Crippen LogP contribution is -2.36. The van der Waals surface area contributed by atoms with Gasteiger partial charge < -0.3 is 5.11 Å². The van der Waals surface area contributed by atoms with E-state index in [2.05, 4.69) is 6.92 Å². The highest BCUT2D eigenvalue weighted by molar-refractivity contribution is 8.07. The standard InChI is InChI=1S/C13H24OS2/c1-10-13(16-8-7-15-10)12(14)9-11-5-3-2-4-6-11/h10-14H,2-9H2,1H3. The highest BCUT2D eigenvalue weighted by Crippen LogP contribution is 2.36. The molecule has 2 aliphatic rings. The Balaban J connectivity index is 1.78. The van der Waals surface area contributed by atoms with Crippen molar-refractivity contribution in [2.45, 2.75) is 62.1 Å². The first kappa shape index (κ1) is 13.1. The Labute approximate surface area is 108 Å². The van der Waals surface area contributed by atoms with Gasteiger partial charge in [0, 0.05) is 22.0 Å². The first-order chi connectivity index (χ1) is 7.77. The molecule has 3 unspecified atom stereocenters. The molecule has 94 valence electrons. The van der Waals surface area contributed by atoms with Crippen molar-refractivity contribution >= 4 is 23.5 Å². The molecule has 0 amide bonds. The van der Waals surface area contributed by atoms with E-state index in [1.165, 1.54) is 43.6 Å². The van der Waals surface area contributed by atoms with Gasteiger partial charge in [-0.3, -0.25) is 0 Å². The number of rotatable bonds is 3. The second kappa shape index (κ2) is 6.55. The molecule has 1 heterocycles. The van der Waals surface area contributed by atoms with Crippen molar-refractivity contribution in [3.05, 3.63) is 0 Å². The second-order valence-electron chi connectivity index (χ2n) is 5.22. The van der Waals surface area contributed by atoms with Crippen LogP contribution in [0, 0.1) is 5.92 Å². The van der Waals surface area contributed by atoms with Gasteiger partial charge in [0.25, 0.3) is 0 Å². The van der Waals surface area contributed by atoms with Gasteiger partial charge >= 0.3 is 0 Å². The van der Waals surface area contributed by atoms with Crippen LogP contribution in [0.3, 0.4) is 0 Å². The molecule has 1 nitrogen and oxygen atoms in total. The molecule has 0 radical (unpaired) electrons. The third-order valence-electron chi connectivity index (χ3n) is 3.92. The van der Waals surface area contributed by atoms with E-state index in [1.807, 2.05) is 23.5 Å². The van der Waals surface area contributed by atoms with Crippen molar-refractivity contribution in [2.24, 2.45) is 5.92 Å². The van der Waals surface area contributed by atoms with Crippen molar-refractivity contribution in [3.8, 4) is 0 Å². The fraction of sp³-hybridized carbons (Fsp3) is 1.00. The molecule has 1 saturated heterocycles. The lowest BCUT2D eigenvalue weighted by molar-refractivity contribution is 0.127. The summed E-state index contributed by atoms with van der Waals surface area (Å²) in [6.07, 6.45) is 7.90. The fourth-order valence-corrected chi connectivity index (χ4v) is 5.83. The summed E-state index contributed by atoms with van der Waals surface area (Å²) in [6, 6.07) is 0.